The monoisotopic (exact) mass is 502 g/mol. The van der Waals surface area contributed by atoms with Gasteiger partial charge in [-0.1, -0.05) is 48.5 Å². The van der Waals surface area contributed by atoms with Gasteiger partial charge in [-0.15, -0.1) is 0 Å². The molecule has 5 aromatic rings. The number of carbonyl (C=O) groups excluding carboxylic acids is 1. The molecule has 1 amide bonds. The van der Waals surface area contributed by atoms with Gasteiger partial charge in [0.1, 0.15) is 0 Å². The van der Waals surface area contributed by atoms with E-state index in [-0.39, 0.29) is 5.91 Å². The fourth-order valence-electron chi connectivity index (χ4n) is 4.85. The van der Waals surface area contributed by atoms with E-state index in [1.54, 1.807) is 0 Å². The lowest BCUT2D eigenvalue weighted by Crippen LogP contribution is -2.45. The van der Waals surface area contributed by atoms with Crippen LogP contribution in [0.2, 0.25) is 0 Å². The number of hydrogen-bond acceptors (Lipinski definition) is 5. The molecule has 3 N–H and O–H groups in total. The molecule has 0 atom stereocenters. The third-order valence-corrected chi connectivity index (χ3v) is 6.89. The summed E-state index contributed by atoms with van der Waals surface area (Å²) in [7, 11) is 0. The Kier molecular flexibility index (Phi) is 6.74. The van der Waals surface area contributed by atoms with Gasteiger partial charge in [-0.05, 0) is 60.2 Å². The Bertz CT molecular complexity index is 1490. The minimum Gasteiger partial charge on any atom is -0.369 e. The van der Waals surface area contributed by atoms with Crippen LogP contribution in [0.3, 0.4) is 0 Å². The van der Waals surface area contributed by atoms with Gasteiger partial charge in [0, 0.05) is 55.3 Å². The van der Waals surface area contributed by atoms with E-state index in [1.807, 2.05) is 60.7 Å². The number of fused-ring (bicyclic) bond motifs is 1. The van der Waals surface area contributed by atoms with Gasteiger partial charge < -0.3 is 20.5 Å². The van der Waals surface area contributed by atoms with Crippen molar-refractivity contribution in [1.82, 2.24) is 14.9 Å². The van der Waals surface area contributed by atoms with Crippen molar-refractivity contribution in [3.63, 3.8) is 0 Å². The first-order valence-corrected chi connectivity index (χ1v) is 12.9. The van der Waals surface area contributed by atoms with Crippen LogP contribution in [0.4, 0.5) is 23.0 Å². The topological polar surface area (TPSA) is 76.3 Å². The summed E-state index contributed by atoms with van der Waals surface area (Å²) in [6.45, 7) is 4.98. The highest BCUT2D eigenvalue weighted by Gasteiger charge is 2.17. The first-order valence-electron chi connectivity index (χ1n) is 12.9. The molecule has 1 aliphatic heterocycles. The first kappa shape index (κ1) is 23.8. The minimum absolute atomic E-state index is 0.131. The number of hydrogen-bond donors (Lipinski definition) is 3. The number of aromatic amines is 1. The average molecular weight is 503 g/mol. The molecule has 0 radical (unpaired) electrons. The molecule has 2 heterocycles. The van der Waals surface area contributed by atoms with E-state index in [0.717, 1.165) is 55.1 Å². The van der Waals surface area contributed by atoms with E-state index in [4.69, 9.17) is 0 Å². The number of rotatable bonds is 7. The average Bonchev–Trinajstić information content (AvgIpc) is 3.37. The lowest BCUT2D eigenvalue weighted by atomic mass is 10.1. The predicted molar refractivity (Wildman–Crippen MR) is 154 cm³/mol. The van der Waals surface area contributed by atoms with Gasteiger partial charge in [0.05, 0.1) is 11.0 Å². The van der Waals surface area contributed by atoms with Crippen molar-refractivity contribution in [2.45, 2.75) is 6.54 Å². The highest BCUT2D eigenvalue weighted by molar-refractivity contribution is 6.04. The van der Waals surface area contributed by atoms with Gasteiger partial charge in [0.2, 0.25) is 5.95 Å². The van der Waals surface area contributed by atoms with Crippen LogP contribution in [0.25, 0.3) is 11.0 Å². The summed E-state index contributed by atoms with van der Waals surface area (Å²) in [6.07, 6.45) is 0. The van der Waals surface area contributed by atoms with E-state index < -0.39 is 0 Å². The zero-order valence-corrected chi connectivity index (χ0v) is 21.1. The molecule has 7 nitrogen and oxygen atoms in total. The number of amides is 1. The lowest BCUT2D eigenvalue weighted by Gasteiger charge is -2.36. The molecule has 0 bridgehead atoms. The quantitative estimate of drug-likeness (QED) is 0.259. The van der Waals surface area contributed by atoms with Crippen molar-refractivity contribution in [2.24, 2.45) is 0 Å². The van der Waals surface area contributed by atoms with Crippen LogP contribution in [0.1, 0.15) is 15.9 Å². The van der Waals surface area contributed by atoms with Gasteiger partial charge in [0.25, 0.3) is 5.91 Å². The maximum Gasteiger partial charge on any atom is 0.255 e. The Morgan fingerprint density at radius 2 is 1.53 bits per heavy atom. The Labute approximate surface area is 222 Å². The largest absolute Gasteiger partial charge is 0.369 e. The number of anilines is 4. The van der Waals surface area contributed by atoms with Crippen molar-refractivity contribution >= 4 is 40.0 Å². The molecule has 7 heteroatoms. The summed E-state index contributed by atoms with van der Waals surface area (Å²) in [5, 5.41) is 6.29. The van der Waals surface area contributed by atoms with E-state index in [1.165, 1.54) is 11.3 Å². The van der Waals surface area contributed by atoms with Crippen LogP contribution in [-0.4, -0.2) is 47.0 Å². The maximum atomic E-state index is 12.9. The molecule has 0 spiro atoms. The van der Waals surface area contributed by atoms with E-state index in [9.17, 15) is 4.79 Å². The highest BCUT2D eigenvalue weighted by atomic mass is 16.1. The second-order valence-electron chi connectivity index (χ2n) is 9.56. The van der Waals surface area contributed by atoms with Gasteiger partial charge in [0.15, 0.2) is 0 Å². The maximum absolute atomic E-state index is 12.9. The zero-order chi connectivity index (χ0) is 25.7. The second kappa shape index (κ2) is 10.8. The fourth-order valence-corrected chi connectivity index (χ4v) is 4.85. The Balaban J connectivity index is 1.03. The fraction of sp³-hybridized carbons (Fsp3) is 0.161. The lowest BCUT2D eigenvalue weighted by molar-refractivity contribution is 0.102. The molecule has 0 aliphatic carbocycles. The van der Waals surface area contributed by atoms with Crippen molar-refractivity contribution in [3.8, 4) is 0 Å². The molecule has 190 valence electrons. The number of nitrogens with zero attached hydrogens (tertiary/aromatic N) is 3. The van der Waals surface area contributed by atoms with Crippen LogP contribution in [0.5, 0.6) is 0 Å². The standard InChI is InChI=1S/C31H30N6O/c38-30(32-25-7-6-8-26(21-25)33-31-34-28-11-4-5-12-29(28)35-31)24-15-13-23(14-16-24)22-36-17-19-37(20-18-36)27-9-2-1-3-10-27/h1-16,21H,17-20,22H2,(H,32,38)(H2,33,34,35). The number of para-hydroxylation sites is 3. The molecule has 1 aliphatic rings. The normalized spacial score (nSPS) is 13.9. The third kappa shape index (κ3) is 5.53. The number of H-pyrrole nitrogens is 1. The van der Waals surface area contributed by atoms with E-state index >= 15 is 0 Å². The van der Waals surface area contributed by atoms with Crippen LogP contribution < -0.4 is 15.5 Å². The smallest absolute Gasteiger partial charge is 0.255 e. The predicted octanol–water partition coefficient (Wildman–Crippen LogP) is 5.88. The molecule has 1 fully saturated rings. The molecule has 6 rings (SSSR count). The molecule has 0 unspecified atom stereocenters. The van der Waals surface area contributed by atoms with Crippen molar-refractivity contribution in [2.75, 3.05) is 41.7 Å². The second-order valence-corrected chi connectivity index (χ2v) is 9.56. The zero-order valence-electron chi connectivity index (χ0n) is 21.1. The molecule has 4 aromatic carbocycles. The van der Waals surface area contributed by atoms with Crippen LogP contribution in [-0.2, 0) is 6.54 Å². The van der Waals surface area contributed by atoms with Crippen molar-refractivity contribution in [3.05, 3.63) is 114 Å². The van der Waals surface area contributed by atoms with Crippen LogP contribution in [0.15, 0.2) is 103 Å². The summed E-state index contributed by atoms with van der Waals surface area (Å²) >= 11 is 0. The molecule has 1 saturated heterocycles. The SMILES string of the molecule is O=C(Nc1cccc(Nc2nc3ccccc3[nH]2)c1)c1ccc(CN2CCN(c3ccccc3)CC2)cc1. The highest BCUT2D eigenvalue weighted by Crippen LogP contribution is 2.22. The van der Waals surface area contributed by atoms with Crippen molar-refractivity contribution in [1.29, 1.82) is 0 Å². The van der Waals surface area contributed by atoms with E-state index in [2.05, 4.69) is 72.9 Å². The van der Waals surface area contributed by atoms with Gasteiger partial charge in [-0.25, -0.2) is 4.98 Å². The summed E-state index contributed by atoms with van der Waals surface area (Å²) in [5.74, 6) is 0.528. The van der Waals surface area contributed by atoms with Crippen molar-refractivity contribution < 1.29 is 4.79 Å². The Morgan fingerprint density at radius 3 is 2.32 bits per heavy atom. The molecular formula is C31H30N6O. The summed E-state index contributed by atoms with van der Waals surface area (Å²) in [6, 6.07) is 34.0. The molecule has 38 heavy (non-hydrogen) atoms. The first-order chi connectivity index (χ1) is 18.7. The van der Waals surface area contributed by atoms with E-state index in [0.29, 0.717) is 11.5 Å². The summed E-state index contributed by atoms with van der Waals surface area (Å²) in [5.41, 5.74) is 6.57. The minimum atomic E-state index is -0.131. The number of imidazole rings is 1. The Hall–Kier alpha value is -4.62. The van der Waals surface area contributed by atoms with Gasteiger partial charge in [-0.2, -0.15) is 0 Å². The third-order valence-electron chi connectivity index (χ3n) is 6.89. The molecule has 1 aromatic heterocycles. The number of aromatic nitrogens is 2. The van der Waals surface area contributed by atoms with Crippen LogP contribution >= 0.6 is 0 Å². The van der Waals surface area contributed by atoms with Crippen LogP contribution in [0, 0.1) is 0 Å². The number of benzene rings is 4. The van der Waals surface area contributed by atoms with Gasteiger partial charge >= 0.3 is 0 Å². The molecule has 0 saturated carbocycles. The molecular weight excluding hydrogens is 472 g/mol. The Morgan fingerprint density at radius 1 is 0.789 bits per heavy atom. The summed E-state index contributed by atoms with van der Waals surface area (Å²) in [4.78, 5) is 25.6. The number of carbonyl (C=O) groups is 1. The number of piperazine rings is 1. The van der Waals surface area contributed by atoms with Gasteiger partial charge in [-0.3, -0.25) is 9.69 Å². The number of nitrogens with one attached hydrogen (secondary N) is 3. The summed E-state index contributed by atoms with van der Waals surface area (Å²) < 4.78 is 0.